The number of aromatic nitrogens is 3. The normalized spacial score (nSPS) is 10.1. The molecule has 0 bridgehead atoms. The van der Waals surface area contributed by atoms with E-state index in [0.29, 0.717) is 0 Å². The monoisotopic (exact) mass is 188 g/mol. The van der Waals surface area contributed by atoms with Crippen molar-refractivity contribution in [2.45, 2.75) is 6.92 Å². The number of pyridine rings is 1. The molecule has 4 heteroatoms. The lowest BCUT2D eigenvalue weighted by atomic mass is 10.3. The van der Waals surface area contributed by atoms with E-state index in [1.807, 2.05) is 38.4 Å². The SMILES string of the molecule is Cc1cccc(Nc2cnn(C)c2)n1. The Bertz CT molecular complexity index is 433. The van der Waals surface area contributed by atoms with Gasteiger partial charge in [-0.2, -0.15) is 5.10 Å². The lowest BCUT2D eigenvalue weighted by Gasteiger charge is -2.02. The van der Waals surface area contributed by atoms with Crippen LogP contribution in [0.3, 0.4) is 0 Å². The molecular formula is C10H12N4. The van der Waals surface area contributed by atoms with Gasteiger partial charge in [0.25, 0.3) is 0 Å². The van der Waals surface area contributed by atoms with Crippen LogP contribution in [0.2, 0.25) is 0 Å². The molecule has 0 fully saturated rings. The Morgan fingerprint density at radius 2 is 2.21 bits per heavy atom. The zero-order valence-corrected chi connectivity index (χ0v) is 8.23. The molecule has 4 nitrogen and oxygen atoms in total. The largest absolute Gasteiger partial charge is 0.338 e. The first-order valence-electron chi connectivity index (χ1n) is 4.43. The highest BCUT2D eigenvalue weighted by Gasteiger charge is 1.97. The highest BCUT2D eigenvalue weighted by Crippen LogP contribution is 2.12. The molecule has 2 aromatic rings. The van der Waals surface area contributed by atoms with E-state index < -0.39 is 0 Å². The standard InChI is InChI=1S/C10H12N4/c1-8-4-3-5-10(12-8)13-9-6-11-14(2)7-9/h3-7H,1-2H3,(H,12,13). The van der Waals surface area contributed by atoms with Gasteiger partial charge in [0.1, 0.15) is 5.82 Å². The molecule has 2 heterocycles. The van der Waals surface area contributed by atoms with Crippen LogP contribution < -0.4 is 5.32 Å². The molecule has 14 heavy (non-hydrogen) atoms. The maximum atomic E-state index is 4.33. The van der Waals surface area contributed by atoms with Gasteiger partial charge in [-0.3, -0.25) is 4.68 Å². The minimum atomic E-state index is 0.845. The average molecular weight is 188 g/mol. The highest BCUT2D eigenvalue weighted by molar-refractivity contribution is 5.53. The van der Waals surface area contributed by atoms with Crippen LogP contribution in [0.15, 0.2) is 30.6 Å². The number of nitrogens with one attached hydrogen (secondary N) is 1. The fourth-order valence-electron chi connectivity index (χ4n) is 1.25. The Labute approximate surface area is 82.6 Å². The second kappa shape index (κ2) is 3.49. The third-order valence-corrected chi connectivity index (χ3v) is 1.87. The predicted molar refractivity (Wildman–Crippen MR) is 55.5 cm³/mol. The molecule has 2 rings (SSSR count). The molecule has 0 aliphatic carbocycles. The van der Waals surface area contributed by atoms with Gasteiger partial charge in [0.2, 0.25) is 0 Å². The van der Waals surface area contributed by atoms with E-state index in [1.165, 1.54) is 0 Å². The molecule has 2 aromatic heterocycles. The first kappa shape index (κ1) is 8.74. The number of hydrogen-bond donors (Lipinski definition) is 1. The third kappa shape index (κ3) is 1.90. The van der Waals surface area contributed by atoms with Crippen molar-refractivity contribution in [1.29, 1.82) is 0 Å². The van der Waals surface area contributed by atoms with Crippen LogP contribution in [0.4, 0.5) is 11.5 Å². The van der Waals surface area contributed by atoms with Crippen molar-refractivity contribution in [3.63, 3.8) is 0 Å². The molecule has 1 N–H and O–H groups in total. The number of rotatable bonds is 2. The molecule has 0 atom stereocenters. The zero-order chi connectivity index (χ0) is 9.97. The van der Waals surface area contributed by atoms with Gasteiger partial charge in [-0.05, 0) is 19.1 Å². The third-order valence-electron chi connectivity index (χ3n) is 1.87. The van der Waals surface area contributed by atoms with Gasteiger partial charge in [-0.1, -0.05) is 6.07 Å². The molecule has 0 spiro atoms. The summed E-state index contributed by atoms with van der Waals surface area (Å²) in [6.45, 7) is 1.97. The molecule has 72 valence electrons. The van der Waals surface area contributed by atoms with E-state index in [9.17, 15) is 0 Å². The van der Waals surface area contributed by atoms with Crippen molar-refractivity contribution in [1.82, 2.24) is 14.8 Å². The van der Waals surface area contributed by atoms with Gasteiger partial charge in [-0.25, -0.2) is 4.98 Å². The predicted octanol–water partition coefficient (Wildman–Crippen LogP) is 1.87. The number of hydrogen-bond acceptors (Lipinski definition) is 3. The van der Waals surface area contributed by atoms with Crippen LogP contribution in [-0.2, 0) is 7.05 Å². The lowest BCUT2D eigenvalue weighted by molar-refractivity contribution is 0.768. The second-order valence-electron chi connectivity index (χ2n) is 3.19. The van der Waals surface area contributed by atoms with Crippen molar-refractivity contribution in [2.75, 3.05) is 5.32 Å². The summed E-state index contributed by atoms with van der Waals surface area (Å²) in [6, 6.07) is 5.87. The van der Waals surface area contributed by atoms with E-state index in [-0.39, 0.29) is 0 Å². The summed E-state index contributed by atoms with van der Waals surface area (Å²) in [5, 5.41) is 7.23. The van der Waals surface area contributed by atoms with Gasteiger partial charge in [0, 0.05) is 18.9 Å². The number of nitrogens with zero attached hydrogens (tertiary/aromatic N) is 3. The molecule has 0 aliphatic heterocycles. The molecule has 0 amide bonds. The molecule has 0 unspecified atom stereocenters. The number of aryl methyl sites for hydroxylation is 2. The average Bonchev–Trinajstić information content (AvgIpc) is 2.51. The van der Waals surface area contributed by atoms with Crippen LogP contribution in [0.25, 0.3) is 0 Å². The van der Waals surface area contributed by atoms with Crippen molar-refractivity contribution in [3.8, 4) is 0 Å². The number of anilines is 2. The Morgan fingerprint density at radius 3 is 2.86 bits per heavy atom. The Hall–Kier alpha value is -1.84. The molecule has 0 radical (unpaired) electrons. The summed E-state index contributed by atoms with van der Waals surface area (Å²) in [4.78, 5) is 4.33. The molecule has 0 aromatic carbocycles. The van der Waals surface area contributed by atoms with Crippen LogP contribution in [0, 0.1) is 6.92 Å². The zero-order valence-electron chi connectivity index (χ0n) is 8.23. The Balaban J connectivity index is 2.18. The molecule has 0 saturated carbocycles. The van der Waals surface area contributed by atoms with Crippen LogP contribution >= 0.6 is 0 Å². The molecule has 0 aliphatic rings. The summed E-state index contributed by atoms with van der Waals surface area (Å²) >= 11 is 0. The van der Waals surface area contributed by atoms with E-state index in [4.69, 9.17) is 0 Å². The minimum absolute atomic E-state index is 0.845. The maximum absolute atomic E-state index is 4.33. The van der Waals surface area contributed by atoms with Crippen LogP contribution in [0.5, 0.6) is 0 Å². The van der Waals surface area contributed by atoms with E-state index in [1.54, 1.807) is 10.9 Å². The van der Waals surface area contributed by atoms with Gasteiger partial charge < -0.3 is 5.32 Å². The highest BCUT2D eigenvalue weighted by atomic mass is 15.3. The minimum Gasteiger partial charge on any atom is -0.338 e. The van der Waals surface area contributed by atoms with Gasteiger partial charge >= 0.3 is 0 Å². The quantitative estimate of drug-likeness (QED) is 0.782. The summed E-state index contributed by atoms with van der Waals surface area (Å²) in [5.74, 6) is 0.845. The molecular weight excluding hydrogens is 176 g/mol. The van der Waals surface area contributed by atoms with Crippen molar-refractivity contribution in [2.24, 2.45) is 7.05 Å². The summed E-state index contributed by atoms with van der Waals surface area (Å²) in [5.41, 5.74) is 1.95. The van der Waals surface area contributed by atoms with E-state index >= 15 is 0 Å². The topological polar surface area (TPSA) is 42.7 Å². The van der Waals surface area contributed by atoms with E-state index in [0.717, 1.165) is 17.2 Å². The molecule has 0 saturated heterocycles. The summed E-state index contributed by atoms with van der Waals surface area (Å²) in [7, 11) is 1.88. The van der Waals surface area contributed by atoms with Crippen LogP contribution in [-0.4, -0.2) is 14.8 Å². The van der Waals surface area contributed by atoms with Gasteiger partial charge in [0.05, 0.1) is 11.9 Å². The summed E-state index contributed by atoms with van der Waals surface area (Å²) < 4.78 is 1.75. The fraction of sp³-hybridized carbons (Fsp3) is 0.200. The Kier molecular flexibility index (Phi) is 2.18. The van der Waals surface area contributed by atoms with Crippen molar-refractivity contribution >= 4 is 11.5 Å². The summed E-state index contributed by atoms with van der Waals surface area (Å²) in [6.07, 6.45) is 3.67. The van der Waals surface area contributed by atoms with Gasteiger partial charge in [0.15, 0.2) is 0 Å². The van der Waals surface area contributed by atoms with Crippen molar-refractivity contribution in [3.05, 3.63) is 36.3 Å². The second-order valence-corrected chi connectivity index (χ2v) is 3.19. The van der Waals surface area contributed by atoms with Crippen molar-refractivity contribution < 1.29 is 0 Å². The first-order chi connectivity index (χ1) is 6.74. The first-order valence-corrected chi connectivity index (χ1v) is 4.43. The van der Waals surface area contributed by atoms with Gasteiger partial charge in [-0.15, -0.1) is 0 Å². The lowest BCUT2D eigenvalue weighted by Crippen LogP contribution is -1.93. The van der Waals surface area contributed by atoms with Crippen LogP contribution in [0.1, 0.15) is 5.69 Å². The smallest absolute Gasteiger partial charge is 0.130 e. The maximum Gasteiger partial charge on any atom is 0.130 e. The van der Waals surface area contributed by atoms with E-state index in [2.05, 4.69) is 15.4 Å². The fourth-order valence-corrected chi connectivity index (χ4v) is 1.25. The Morgan fingerprint density at radius 1 is 1.36 bits per heavy atom.